The molecule has 0 aromatic rings. The first kappa shape index (κ1) is 41.1. The zero-order valence-corrected chi connectivity index (χ0v) is 35.1. The largest absolute Gasteiger partial charge is 0.487 e. The van der Waals surface area contributed by atoms with Gasteiger partial charge in [0.15, 0.2) is 0 Å². The highest BCUT2D eigenvalue weighted by Gasteiger charge is 2.76. The Balaban J connectivity index is 2.31. The van der Waals surface area contributed by atoms with Crippen LogP contribution in [-0.4, -0.2) is 63.0 Å². The highest BCUT2D eigenvalue weighted by atomic mass is 28.3. The summed E-state index contributed by atoms with van der Waals surface area (Å²) in [5.74, 6) is 2.70. The van der Waals surface area contributed by atoms with E-state index >= 15 is 0 Å². The van der Waals surface area contributed by atoms with Crippen molar-refractivity contribution >= 4 is 29.4 Å². The molecule has 3 fully saturated rings. The zero-order valence-electron chi connectivity index (χ0n) is 34.1. The van der Waals surface area contributed by atoms with Gasteiger partial charge in [-0.05, 0) is 102 Å². The summed E-state index contributed by atoms with van der Waals surface area (Å²) in [6, 6.07) is 0. The molecule has 0 bridgehead atoms. The Labute approximate surface area is 292 Å². The Morgan fingerprint density at radius 3 is 1.17 bits per heavy atom. The van der Waals surface area contributed by atoms with E-state index < -0.39 is 49.6 Å². The highest BCUT2D eigenvalue weighted by Crippen LogP contribution is 2.65. The summed E-state index contributed by atoms with van der Waals surface area (Å²) < 4.78 is 41.5. The van der Waals surface area contributed by atoms with E-state index in [9.17, 15) is 0 Å². The predicted molar refractivity (Wildman–Crippen MR) is 203 cm³/mol. The maximum atomic E-state index is 7.16. The van der Waals surface area contributed by atoms with Crippen LogP contribution in [0.5, 0.6) is 0 Å². The molecule has 0 radical (unpaired) electrons. The van der Waals surface area contributed by atoms with Gasteiger partial charge in [0.1, 0.15) is 0 Å². The molecule has 0 aliphatic carbocycles. The van der Waals surface area contributed by atoms with Crippen LogP contribution >= 0.6 is 0 Å². The summed E-state index contributed by atoms with van der Waals surface area (Å²) in [6.45, 7) is 44.7. The van der Waals surface area contributed by atoms with Gasteiger partial charge in [-0.1, -0.05) is 95.7 Å². The van der Waals surface area contributed by atoms with Crippen molar-refractivity contribution in [2.24, 2.45) is 5.92 Å². The normalized spacial score (nSPS) is 25.5. The summed E-state index contributed by atoms with van der Waals surface area (Å²) in [5, 5.41) is 0. The maximum absolute atomic E-state index is 7.16. The van der Waals surface area contributed by atoms with Crippen LogP contribution < -0.4 is 0 Å². The predicted octanol–water partition coefficient (Wildman–Crippen LogP) is 10.2. The Hall–Kier alpha value is -0.348. The molecular weight excluding hydrogens is 601 g/mol. The summed E-state index contributed by atoms with van der Waals surface area (Å²) in [4.78, 5) is -0.660. The number of hydrogen-bond donors (Lipinski definition) is 0. The molecule has 0 saturated carbocycles. The average molecular weight is 672 g/mol. The van der Waals surface area contributed by atoms with Gasteiger partial charge >= 0.3 is 21.4 Å². The van der Waals surface area contributed by atoms with E-state index in [1.165, 1.54) is 5.57 Å². The minimum absolute atomic E-state index is 0.381. The second-order valence-corrected chi connectivity index (χ2v) is 25.4. The lowest BCUT2D eigenvalue weighted by molar-refractivity contribution is 0.00578. The lowest BCUT2D eigenvalue weighted by atomic mass is 9.50. The van der Waals surface area contributed by atoms with E-state index in [1.807, 2.05) is 0 Å². The van der Waals surface area contributed by atoms with Gasteiger partial charge in [0.2, 0.25) is 0 Å². The molecule has 268 valence electrons. The third-order valence-electron chi connectivity index (χ3n) is 13.0. The number of allylic oxidation sites excluding steroid dienone is 3. The van der Waals surface area contributed by atoms with Crippen LogP contribution in [-0.2, 0) is 27.9 Å². The quantitative estimate of drug-likeness (QED) is 0.152. The third-order valence-corrected chi connectivity index (χ3v) is 20.9. The van der Waals surface area contributed by atoms with E-state index in [4.69, 9.17) is 27.9 Å². The zero-order chi connectivity index (χ0) is 36.4. The van der Waals surface area contributed by atoms with Crippen molar-refractivity contribution in [1.29, 1.82) is 0 Å². The minimum atomic E-state index is -2.52. The van der Waals surface area contributed by atoms with Gasteiger partial charge in [-0.25, -0.2) is 0 Å². The SMILES string of the molecule is CC(C)C/C(=C\B1OC(C)(C)C(C)(C)O1)C/C=C/C(B1OC(C)(C)C(C)(C)O1)(B1OC(C)(C)C(C)(C)O1)[Si](C(C)C)(C(C)C)C(C)C. The number of hydrogen-bond acceptors (Lipinski definition) is 6. The molecule has 0 atom stereocenters. The molecule has 3 heterocycles. The van der Waals surface area contributed by atoms with E-state index in [0.717, 1.165) is 12.8 Å². The first-order valence-corrected chi connectivity index (χ1v) is 20.7. The van der Waals surface area contributed by atoms with Crippen LogP contribution in [0, 0.1) is 5.92 Å². The Bertz CT molecular complexity index is 1060. The molecule has 6 nitrogen and oxygen atoms in total. The van der Waals surface area contributed by atoms with Gasteiger partial charge in [-0.2, -0.15) is 0 Å². The van der Waals surface area contributed by atoms with Crippen molar-refractivity contribution < 1.29 is 27.9 Å². The lowest BCUT2D eigenvalue weighted by Gasteiger charge is -2.56. The van der Waals surface area contributed by atoms with Crippen molar-refractivity contribution in [3.8, 4) is 0 Å². The van der Waals surface area contributed by atoms with Crippen molar-refractivity contribution in [3.05, 3.63) is 23.7 Å². The van der Waals surface area contributed by atoms with Gasteiger partial charge in [0.25, 0.3) is 0 Å². The van der Waals surface area contributed by atoms with Crippen molar-refractivity contribution in [2.45, 2.75) is 206 Å². The molecule has 0 unspecified atom stereocenters. The Morgan fingerprint density at radius 2 is 0.872 bits per heavy atom. The molecule has 47 heavy (non-hydrogen) atoms. The molecule has 10 heteroatoms. The van der Waals surface area contributed by atoms with Crippen LogP contribution in [0.25, 0.3) is 0 Å². The van der Waals surface area contributed by atoms with Crippen molar-refractivity contribution in [1.82, 2.24) is 0 Å². The molecule has 3 saturated heterocycles. The van der Waals surface area contributed by atoms with E-state index in [1.54, 1.807) is 0 Å². The first-order valence-electron chi connectivity index (χ1n) is 18.5. The molecule has 3 rings (SSSR count). The third kappa shape index (κ3) is 7.10. The average Bonchev–Trinajstić information content (AvgIpc) is 3.30. The number of rotatable bonds is 12. The summed E-state index contributed by atoms with van der Waals surface area (Å²) in [6.07, 6.45) is 6.53. The molecule has 0 aromatic carbocycles. The van der Waals surface area contributed by atoms with Gasteiger partial charge in [0, 0.05) is 0 Å². The summed E-state index contributed by atoms with van der Waals surface area (Å²) in [7, 11) is -3.99. The highest BCUT2D eigenvalue weighted by molar-refractivity contribution is 7.05. The van der Waals surface area contributed by atoms with Gasteiger partial charge in [-0.3, -0.25) is 0 Å². The molecular formula is C37H71B3O6Si. The smallest absolute Gasteiger partial charge is 0.403 e. The van der Waals surface area contributed by atoms with Crippen molar-refractivity contribution in [2.75, 3.05) is 0 Å². The summed E-state index contributed by atoms with van der Waals surface area (Å²) >= 11 is 0. The molecule has 0 amide bonds. The first-order chi connectivity index (χ1) is 21.0. The molecule has 0 N–H and O–H groups in total. The van der Waals surface area contributed by atoms with Crippen LogP contribution in [0.1, 0.15) is 151 Å². The lowest BCUT2D eigenvalue weighted by Crippen LogP contribution is -2.67. The minimum Gasteiger partial charge on any atom is -0.403 e. The van der Waals surface area contributed by atoms with Crippen LogP contribution in [0.4, 0.5) is 0 Å². The molecule has 3 aliphatic rings. The fourth-order valence-corrected chi connectivity index (χ4v) is 17.2. The second-order valence-electron chi connectivity index (χ2n) is 19.2. The van der Waals surface area contributed by atoms with Gasteiger partial charge < -0.3 is 27.9 Å². The summed E-state index contributed by atoms with van der Waals surface area (Å²) in [5.41, 5.74) is -0.329. The van der Waals surface area contributed by atoms with E-state index in [-0.39, 0.29) is 18.3 Å². The topological polar surface area (TPSA) is 55.4 Å². The fourth-order valence-electron chi connectivity index (χ4n) is 8.70. The molecule has 0 spiro atoms. The van der Waals surface area contributed by atoms with Crippen molar-refractivity contribution in [3.63, 3.8) is 0 Å². The fraction of sp³-hybridized carbons (Fsp3) is 0.892. The maximum Gasteiger partial charge on any atom is 0.487 e. The van der Waals surface area contributed by atoms with Crippen LogP contribution in [0.3, 0.4) is 0 Å². The van der Waals surface area contributed by atoms with E-state index in [2.05, 4.69) is 157 Å². The molecule has 0 aromatic heterocycles. The second kappa shape index (κ2) is 13.3. The Kier molecular flexibility index (Phi) is 11.6. The monoisotopic (exact) mass is 673 g/mol. The van der Waals surface area contributed by atoms with Crippen LogP contribution in [0.15, 0.2) is 23.7 Å². The van der Waals surface area contributed by atoms with Gasteiger partial charge in [0.05, 0.1) is 46.5 Å². The molecule has 3 aliphatic heterocycles. The standard InChI is InChI=1S/C37H71B3O6Si/c1-26(2)24-30(25-38-41-31(9,10)32(11,12)42-38)22-21-23-37(39-43-33(13,14)34(15,16)44-39,40-45-35(17,18)36(19,20)46-40)47(27(3)4,28(5)6)29(7)8/h21,23,25-29H,22,24H2,1-20H3/b23-21+,30-25-. The Morgan fingerprint density at radius 1 is 0.553 bits per heavy atom. The van der Waals surface area contributed by atoms with Gasteiger partial charge in [-0.15, -0.1) is 0 Å². The van der Waals surface area contributed by atoms with E-state index in [0.29, 0.717) is 22.5 Å². The van der Waals surface area contributed by atoms with Crippen LogP contribution in [0.2, 0.25) is 21.5 Å².